The number of hydrogen-bond donors (Lipinski definition) is 0. The summed E-state index contributed by atoms with van der Waals surface area (Å²) in [6.45, 7) is 2.03. The van der Waals surface area contributed by atoms with Gasteiger partial charge in [-0.05, 0) is 35.2 Å². The van der Waals surface area contributed by atoms with Gasteiger partial charge in [0.05, 0.1) is 5.02 Å². The maximum atomic E-state index is 13.3. The summed E-state index contributed by atoms with van der Waals surface area (Å²) in [5.74, 6) is -0.752. The number of alkyl halides is 6. The van der Waals surface area contributed by atoms with E-state index in [0.29, 0.717) is 5.56 Å². The molecule has 0 heterocycles. The molecule has 0 aliphatic rings. The molecular weight excluding hydrogens is 394 g/mol. The van der Waals surface area contributed by atoms with Crippen molar-refractivity contribution in [3.63, 3.8) is 0 Å². The van der Waals surface area contributed by atoms with Gasteiger partial charge in [0.25, 0.3) is 6.17 Å². The van der Waals surface area contributed by atoms with Crippen molar-refractivity contribution < 1.29 is 31.1 Å². The van der Waals surface area contributed by atoms with E-state index in [9.17, 15) is 26.3 Å². The highest BCUT2D eigenvalue weighted by molar-refractivity contribution is 6.32. The van der Waals surface area contributed by atoms with Gasteiger partial charge in [-0.3, -0.25) is 0 Å². The SMILES string of the molecule is CCc1ccc(/C=C/c2ccc(OC(F)(F)C(F)C(F)(F)F)c(Cl)c2)cc1. The van der Waals surface area contributed by atoms with Crippen LogP contribution in [0.15, 0.2) is 42.5 Å². The molecule has 2 aromatic carbocycles. The summed E-state index contributed by atoms with van der Waals surface area (Å²) in [6, 6.07) is 11.2. The van der Waals surface area contributed by atoms with Gasteiger partial charge in [0.2, 0.25) is 0 Å². The van der Waals surface area contributed by atoms with E-state index in [2.05, 4.69) is 4.74 Å². The fraction of sp³-hybridized carbons (Fsp3) is 0.263. The molecule has 0 N–H and O–H groups in total. The van der Waals surface area contributed by atoms with E-state index in [0.717, 1.165) is 18.1 Å². The average molecular weight is 409 g/mol. The predicted molar refractivity (Wildman–Crippen MR) is 92.7 cm³/mol. The molecule has 0 saturated carbocycles. The van der Waals surface area contributed by atoms with Crippen LogP contribution < -0.4 is 4.74 Å². The molecule has 8 heteroatoms. The number of rotatable bonds is 6. The first-order valence-corrected chi connectivity index (χ1v) is 8.25. The highest BCUT2D eigenvalue weighted by Gasteiger charge is 2.59. The Morgan fingerprint density at radius 2 is 1.52 bits per heavy atom. The van der Waals surface area contributed by atoms with E-state index in [4.69, 9.17) is 11.6 Å². The van der Waals surface area contributed by atoms with E-state index >= 15 is 0 Å². The number of halogens is 7. The fourth-order valence-corrected chi connectivity index (χ4v) is 2.38. The van der Waals surface area contributed by atoms with E-state index in [-0.39, 0.29) is 5.02 Å². The molecule has 1 unspecified atom stereocenters. The van der Waals surface area contributed by atoms with Crippen molar-refractivity contribution in [2.75, 3.05) is 0 Å². The first-order chi connectivity index (χ1) is 12.5. The van der Waals surface area contributed by atoms with Crippen LogP contribution in [0.4, 0.5) is 26.3 Å². The molecule has 2 rings (SSSR count). The number of aryl methyl sites for hydroxylation is 1. The Morgan fingerprint density at radius 1 is 0.963 bits per heavy atom. The van der Waals surface area contributed by atoms with E-state index < -0.39 is 24.2 Å². The van der Waals surface area contributed by atoms with Crippen LogP contribution in [0.2, 0.25) is 5.02 Å². The highest BCUT2D eigenvalue weighted by Crippen LogP contribution is 2.38. The van der Waals surface area contributed by atoms with Gasteiger partial charge in [0.15, 0.2) is 0 Å². The third kappa shape index (κ3) is 5.66. The van der Waals surface area contributed by atoms with Gasteiger partial charge < -0.3 is 4.74 Å². The molecule has 146 valence electrons. The van der Waals surface area contributed by atoms with E-state index in [1.54, 1.807) is 12.2 Å². The smallest absolute Gasteiger partial charge is 0.429 e. The van der Waals surface area contributed by atoms with Crippen LogP contribution in [0.1, 0.15) is 23.6 Å². The first-order valence-electron chi connectivity index (χ1n) is 7.87. The molecule has 1 atom stereocenters. The fourth-order valence-electron chi connectivity index (χ4n) is 2.15. The minimum atomic E-state index is -5.76. The summed E-state index contributed by atoms with van der Waals surface area (Å²) in [7, 11) is 0. The molecular formula is C19H15ClF6O. The topological polar surface area (TPSA) is 9.23 Å². The Bertz CT molecular complexity index is 799. The minimum Gasteiger partial charge on any atom is -0.429 e. The lowest BCUT2D eigenvalue weighted by Gasteiger charge is -2.23. The van der Waals surface area contributed by atoms with Crippen LogP contribution >= 0.6 is 11.6 Å². The van der Waals surface area contributed by atoms with Gasteiger partial charge in [-0.1, -0.05) is 61.0 Å². The molecule has 1 nitrogen and oxygen atoms in total. The predicted octanol–water partition coefficient (Wildman–Crippen LogP) is 6.94. The second-order valence-electron chi connectivity index (χ2n) is 5.69. The van der Waals surface area contributed by atoms with Crippen LogP contribution in [-0.4, -0.2) is 18.5 Å². The quantitative estimate of drug-likeness (QED) is 0.371. The third-order valence-electron chi connectivity index (χ3n) is 3.64. The average Bonchev–Trinajstić information content (AvgIpc) is 2.61. The highest BCUT2D eigenvalue weighted by atomic mass is 35.5. The molecule has 2 aromatic rings. The van der Waals surface area contributed by atoms with Crippen LogP contribution in [0.5, 0.6) is 5.75 Å². The summed E-state index contributed by atoms with van der Waals surface area (Å²) >= 11 is 5.78. The van der Waals surface area contributed by atoms with Crippen LogP contribution in [-0.2, 0) is 6.42 Å². The Labute approximate surface area is 157 Å². The van der Waals surface area contributed by atoms with Crippen molar-refractivity contribution in [3.05, 3.63) is 64.2 Å². The largest absolute Gasteiger partial charge is 0.439 e. The Morgan fingerprint density at radius 3 is 2.04 bits per heavy atom. The third-order valence-corrected chi connectivity index (χ3v) is 3.94. The molecule has 0 aliphatic carbocycles. The molecule has 0 bridgehead atoms. The second kappa shape index (κ2) is 8.25. The molecule has 0 saturated heterocycles. The van der Waals surface area contributed by atoms with Crippen molar-refractivity contribution >= 4 is 23.8 Å². The maximum Gasteiger partial charge on any atom is 0.439 e. The van der Waals surface area contributed by atoms with Crippen LogP contribution in [0.25, 0.3) is 12.2 Å². The monoisotopic (exact) mass is 408 g/mol. The summed E-state index contributed by atoms with van der Waals surface area (Å²) in [5, 5.41) is -0.368. The molecule has 0 radical (unpaired) electrons. The van der Waals surface area contributed by atoms with Gasteiger partial charge in [0, 0.05) is 0 Å². The molecule has 0 fully saturated rings. The van der Waals surface area contributed by atoms with Crippen LogP contribution in [0.3, 0.4) is 0 Å². The Hall–Kier alpha value is -2.15. The van der Waals surface area contributed by atoms with Crippen molar-refractivity contribution in [1.82, 2.24) is 0 Å². The lowest BCUT2D eigenvalue weighted by Crippen LogP contribution is -2.45. The number of hydrogen-bond acceptors (Lipinski definition) is 1. The van der Waals surface area contributed by atoms with Crippen molar-refractivity contribution in [2.24, 2.45) is 0 Å². The van der Waals surface area contributed by atoms with Gasteiger partial charge in [-0.25, -0.2) is 4.39 Å². The molecule has 0 spiro atoms. The number of benzene rings is 2. The zero-order chi connectivity index (χ0) is 20.2. The minimum absolute atomic E-state index is 0.368. The summed E-state index contributed by atoms with van der Waals surface area (Å²) in [6.07, 6.45) is -11.0. The molecule has 0 amide bonds. The van der Waals surface area contributed by atoms with Gasteiger partial charge in [-0.15, -0.1) is 0 Å². The number of ether oxygens (including phenoxy) is 1. The lowest BCUT2D eigenvalue weighted by molar-refractivity contribution is -0.304. The standard InChI is InChI=1S/C19H15ClF6O/c1-2-12-3-5-13(6-4-12)7-8-14-9-10-16(15(20)11-14)27-19(25,26)17(21)18(22,23)24/h3-11,17H,2H2,1H3/b8-7+. The molecule has 0 aliphatic heterocycles. The zero-order valence-electron chi connectivity index (χ0n) is 14.0. The van der Waals surface area contributed by atoms with E-state index in [1.807, 2.05) is 31.2 Å². The maximum absolute atomic E-state index is 13.3. The first kappa shape index (κ1) is 21.2. The van der Waals surface area contributed by atoms with Gasteiger partial charge in [-0.2, -0.15) is 22.0 Å². The van der Waals surface area contributed by atoms with Crippen molar-refractivity contribution in [3.8, 4) is 5.75 Å². The van der Waals surface area contributed by atoms with Gasteiger partial charge >= 0.3 is 12.3 Å². The summed E-state index contributed by atoms with van der Waals surface area (Å²) in [4.78, 5) is 0. The summed E-state index contributed by atoms with van der Waals surface area (Å²) in [5.41, 5.74) is 2.56. The molecule has 0 aromatic heterocycles. The zero-order valence-corrected chi connectivity index (χ0v) is 14.8. The normalized spacial score (nSPS) is 13.8. The molecule has 27 heavy (non-hydrogen) atoms. The Balaban J connectivity index is 2.13. The summed E-state index contributed by atoms with van der Waals surface area (Å²) < 4.78 is 79.8. The van der Waals surface area contributed by atoms with Crippen LogP contribution in [0, 0.1) is 0 Å². The second-order valence-corrected chi connectivity index (χ2v) is 6.09. The lowest BCUT2D eigenvalue weighted by atomic mass is 10.1. The van der Waals surface area contributed by atoms with E-state index in [1.165, 1.54) is 17.7 Å². The van der Waals surface area contributed by atoms with Crippen molar-refractivity contribution in [2.45, 2.75) is 31.8 Å². The Kier molecular flexibility index (Phi) is 6.46. The van der Waals surface area contributed by atoms with Gasteiger partial charge in [0.1, 0.15) is 5.75 Å². The van der Waals surface area contributed by atoms with Crippen molar-refractivity contribution in [1.29, 1.82) is 0 Å².